The largest absolute Gasteiger partial charge is 0.482 e. The molecule has 0 radical (unpaired) electrons. The molecule has 3 rings (SSSR count). The molecule has 0 spiro atoms. The van der Waals surface area contributed by atoms with E-state index in [1.807, 2.05) is 49.4 Å². The summed E-state index contributed by atoms with van der Waals surface area (Å²) in [7, 11) is -2.13. The molecule has 3 aromatic carbocycles. The number of rotatable bonds is 8. The van der Waals surface area contributed by atoms with Gasteiger partial charge in [0.1, 0.15) is 5.75 Å². The van der Waals surface area contributed by atoms with Crippen molar-refractivity contribution < 1.29 is 17.9 Å². The van der Waals surface area contributed by atoms with Gasteiger partial charge in [-0.3, -0.25) is 10.1 Å². The number of thiocarbonyl (C=S) groups is 1. The van der Waals surface area contributed by atoms with Crippen molar-refractivity contribution in [2.24, 2.45) is 0 Å². The zero-order valence-electron chi connectivity index (χ0n) is 18.9. The predicted molar refractivity (Wildman–Crippen MR) is 148 cm³/mol. The van der Waals surface area contributed by atoms with Gasteiger partial charge in [-0.05, 0) is 82.6 Å². The van der Waals surface area contributed by atoms with E-state index < -0.39 is 15.9 Å². The number of nitrogens with zero attached hydrogens (tertiary/aromatic N) is 1. The summed E-state index contributed by atoms with van der Waals surface area (Å²) in [5, 5.41) is 5.48. The average Bonchev–Trinajstić information content (AvgIpc) is 2.79. The van der Waals surface area contributed by atoms with Crippen LogP contribution in [0.1, 0.15) is 11.1 Å². The SMILES string of the molecule is Cc1cc(Br)cc(Br)c1OCC(=O)NC(=S)Nc1ccc(S(=O)(=O)N(C)Cc2ccccc2)cc1. The predicted octanol–water partition coefficient (Wildman–Crippen LogP) is 5.23. The summed E-state index contributed by atoms with van der Waals surface area (Å²) in [6, 6.07) is 19.2. The minimum Gasteiger partial charge on any atom is -0.482 e. The fourth-order valence-corrected chi connectivity index (χ4v) is 6.09. The van der Waals surface area contributed by atoms with Crippen molar-refractivity contribution in [2.75, 3.05) is 19.0 Å². The Labute approximate surface area is 227 Å². The van der Waals surface area contributed by atoms with Crippen LogP contribution in [0.5, 0.6) is 5.75 Å². The third kappa shape index (κ3) is 7.58. The van der Waals surface area contributed by atoms with E-state index in [0.717, 1.165) is 20.1 Å². The average molecular weight is 641 g/mol. The summed E-state index contributed by atoms with van der Waals surface area (Å²) >= 11 is 12.0. The first kappa shape index (κ1) is 27.3. The molecule has 0 atom stereocenters. The van der Waals surface area contributed by atoms with Gasteiger partial charge < -0.3 is 10.1 Å². The number of sulfonamides is 1. The van der Waals surface area contributed by atoms with Crippen LogP contribution in [0, 0.1) is 6.92 Å². The fraction of sp³-hybridized carbons (Fsp3) is 0.167. The second-order valence-corrected chi connectivity index (χ2v) is 11.8. The van der Waals surface area contributed by atoms with Crippen LogP contribution in [-0.2, 0) is 21.4 Å². The maximum atomic E-state index is 12.9. The third-order valence-electron chi connectivity index (χ3n) is 4.86. The molecule has 0 aliphatic rings. The van der Waals surface area contributed by atoms with E-state index in [1.54, 1.807) is 12.1 Å². The second-order valence-electron chi connectivity index (χ2n) is 7.60. The lowest BCUT2D eigenvalue weighted by atomic mass is 10.2. The highest BCUT2D eigenvalue weighted by Gasteiger charge is 2.21. The number of hydrogen-bond acceptors (Lipinski definition) is 5. The number of benzene rings is 3. The quantitative estimate of drug-likeness (QED) is 0.328. The van der Waals surface area contributed by atoms with Crippen LogP contribution in [0.2, 0.25) is 0 Å². The molecule has 2 N–H and O–H groups in total. The number of halogens is 2. The van der Waals surface area contributed by atoms with E-state index in [1.165, 1.54) is 23.5 Å². The molecule has 35 heavy (non-hydrogen) atoms. The van der Waals surface area contributed by atoms with Crippen molar-refractivity contribution >= 4 is 70.8 Å². The van der Waals surface area contributed by atoms with E-state index >= 15 is 0 Å². The Morgan fingerprint density at radius 2 is 1.71 bits per heavy atom. The molecule has 1 amide bonds. The van der Waals surface area contributed by atoms with Crippen LogP contribution >= 0.6 is 44.1 Å². The van der Waals surface area contributed by atoms with Crippen LogP contribution in [0.3, 0.4) is 0 Å². The number of carbonyl (C=O) groups is 1. The number of aryl methyl sites for hydroxylation is 1. The van der Waals surface area contributed by atoms with E-state index in [0.29, 0.717) is 11.4 Å². The Hall–Kier alpha value is -2.31. The zero-order chi connectivity index (χ0) is 25.6. The normalized spacial score (nSPS) is 11.2. The summed E-state index contributed by atoms with van der Waals surface area (Å²) in [5.74, 6) is 0.134. The van der Waals surface area contributed by atoms with E-state index in [4.69, 9.17) is 17.0 Å². The van der Waals surface area contributed by atoms with Gasteiger partial charge in [0, 0.05) is 23.8 Å². The van der Waals surface area contributed by atoms with Gasteiger partial charge in [-0.25, -0.2) is 8.42 Å². The topological polar surface area (TPSA) is 87.7 Å². The lowest BCUT2D eigenvalue weighted by Gasteiger charge is -2.18. The third-order valence-corrected chi connectivity index (χ3v) is 7.93. The van der Waals surface area contributed by atoms with Crippen molar-refractivity contribution in [1.29, 1.82) is 0 Å². The molecule has 184 valence electrons. The highest BCUT2D eigenvalue weighted by Crippen LogP contribution is 2.32. The first-order valence-corrected chi connectivity index (χ1v) is 13.8. The summed E-state index contributed by atoms with van der Waals surface area (Å²) in [4.78, 5) is 12.4. The van der Waals surface area contributed by atoms with Crippen molar-refractivity contribution in [1.82, 2.24) is 9.62 Å². The van der Waals surface area contributed by atoms with Crippen LogP contribution < -0.4 is 15.4 Å². The molecule has 11 heteroatoms. The molecule has 0 aliphatic carbocycles. The Kier molecular flexibility index (Phi) is 9.42. The highest BCUT2D eigenvalue weighted by molar-refractivity contribution is 9.11. The molecule has 0 aliphatic heterocycles. The Morgan fingerprint density at radius 3 is 2.34 bits per heavy atom. The summed E-state index contributed by atoms with van der Waals surface area (Å²) in [6.45, 7) is 1.91. The number of hydrogen-bond donors (Lipinski definition) is 2. The Bertz CT molecular complexity index is 1300. The molecule has 0 heterocycles. The molecule has 0 fully saturated rings. The van der Waals surface area contributed by atoms with E-state index in [-0.39, 0.29) is 23.2 Å². The maximum Gasteiger partial charge on any atom is 0.264 e. The number of amides is 1. The number of anilines is 1. The monoisotopic (exact) mass is 639 g/mol. The van der Waals surface area contributed by atoms with Crippen molar-refractivity contribution in [3.63, 3.8) is 0 Å². The summed E-state index contributed by atoms with van der Waals surface area (Å²) < 4.78 is 34.3. The summed E-state index contributed by atoms with van der Waals surface area (Å²) in [5.41, 5.74) is 2.29. The number of ether oxygens (including phenoxy) is 1. The summed E-state index contributed by atoms with van der Waals surface area (Å²) in [6.07, 6.45) is 0. The molecule has 7 nitrogen and oxygen atoms in total. The Morgan fingerprint density at radius 1 is 1.06 bits per heavy atom. The maximum absolute atomic E-state index is 12.9. The Balaban J connectivity index is 1.54. The van der Waals surface area contributed by atoms with E-state index in [2.05, 4.69) is 42.5 Å². The van der Waals surface area contributed by atoms with Crippen LogP contribution in [0.15, 0.2) is 80.6 Å². The van der Waals surface area contributed by atoms with Crippen molar-refractivity contribution in [3.05, 3.63) is 86.8 Å². The van der Waals surface area contributed by atoms with Gasteiger partial charge in [0.25, 0.3) is 5.91 Å². The van der Waals surface area contributed by atoms with Gasteiger partial charge in [-0.1, -0.05) is 46.3 Å². The molecular formula is C24H23Br2N3O4S2. The lowest BCUT2D eigenvalue weighted by molar-refractivity contribution is -0.121. The zero-order valence-corrected chi connectivity index (χ0v) is 23.7. The minimum atomic E-state index is -3.67. The molecule has 0 aromatic heterocycles. The van der Waals surface area contributed by atoms with Crippen LogP contribution in [0.25, 0.3) is 0 Å². The lowest BCUT2D eigenvalue weighted by Crippen LogP contribution is -2.37. The van der Waals surface area contributed by atoms with E-state index in [9.17, 15) is 13.2 Å². The molecular weight excluding hydrogens is 618 g/mol. The number of carbonyl (C=O) groups excluding carboxylic acids is 1. The molecule has 3 aromatic rings. The fourth-order valence-electron chi connectivity index (χ4n) is 3.15. The molecule has 0 saturated carbocycles. The van der Waals surface area contributed by atoms with Crippen molar-refractivity contribution in [2.45, 2.75) is 18.4 Å². The molecule has 0 bridgehead atoms. The van der Waals surface area contributed by atoms with Gasteiger partial charge in [-0.2, -0.15) is 4.31 Å². The number of nitrogens with one attached hydrogen (secondary N) is 2. The molecule has 0 unspecified atom stereocenters. The van der Waals surface area contributed by atoms with Gasteiger partial charge in [0.2, 0.25) is 10.0 Å². The second kappa shape index (κ2) is 12.1. The highest BCUT2D eigenvalue weighted by atomic mass is 79.9. The van der Waals surface area contributed by atoms with Crippen LogP contribution in [-0.4, -0.2) is 37.4 Å². The van der Waals surface area contributed by atoms with Gasteiger partial charge in [-0.15, -0.1) is 0 Å². The van der Waals surface area contributed by atoms with Crippen LogP contribution in [0.4, 0.5) is 5.69 Å². The van der Waals surface area contributed by atoms with Gasteiger partial charge >= 0.3 is 0 Å². The smallest absolute Gasteiger partial charge is 0.264 e. The van der Waals surface area contributed by atoms with Crippen molar-refractivity contribution in [3.8, 4) is 5.75 Å². The standard InChI is InChI=1S/C24H23Br2N3O4S2/c1-16-12-18(25)13-21(26)23(16)33-15-22(30)28-24(34)27-19-8-10-20(11-9-19)35(31,32)29(2)14-17-6-4-3-5-7-17/h3-13H,14-15H2,1-2H3,(H2,27,28,30,34). The minimum absolute atomic E-state index is 0.0713. The first-order chi connectivity index (χ1) is 16.6. The van der Waals surface area contributed by atoms with Gasteiger partial charge in [0.05, 0.1) is 9.37 Å². The first-order valence-electron chi connectivity index (χ1n) is 10.4. The van der Waals surface area contributed by atoms with Gasteiger partial charge in [0.15, 0.2) is 11.7 Å². The molecule has 0 saturated heterocycles.